The van der Waals surface area contributed by atoms with E-state index in [-0.39, 0.29) is 28.9 Å². The number of esters is 1. The number of carbonyl (C=O) groups excluding carboxylic acids is 2. The zero-order chi connectivity index (χ0) is 23.5. The van der Waals surface area contributed by atoms with Crippen molar-refractivity contribution in [2.24, 2.45) is 5.92 Å². The lowest BCUT2D eigenvalue weighted by Gasteiger charge is -2.40. The smallest absolute Gasteiger partial charge is 0.417 e. The minimum atomic E-state index is -4.50. The molecule has 3 rings (SSSR count). The second-order valence-electron chi connectivity index (χ2n) is 8.10. The Labute approximate surface area is 190 Å². The van der Waals surface area contributed by atoms with E-state index in [1.165, 1.54) is 0 Å². The molecule has 7 nitrogen and oxygen atoms in total. The van der Waals surface area contributed by atoms with E-state index < -0.39 is 11.7 Å². The van der Waals surface area contributed by atoms with Crippen molar-refractivity contribution in [2.45, 2.75) is 38.9 Å². The van der Waals surface area contributed by atoms with Gasteiger partial charge < -0.3 is 14.5 Å². The largest absolute Gasteiger partial charge is 0.466 e. The lowest BCUT2D eigenvalue weighted by atomic mass is 9.97. The number of anilines is 1. The number of rotatable bonds is 5. The predicted molar refractivity (Wildman–Crippen MR) is 113 cm³/mol. The number of ether oxygens (including phenoxy) is 1. The molecule has 2 atom stereocenters. The summed E-state index contributed by atoms with van der Waals surface area (Å²) in [7, 11) is 0. The van der Waals surface area contributed by atoms with Crippen LogP contribution >= 0.6 is 11.6 Å². The van der Waals surface area contributed by atoms with Crippen molar-refractivity contribution in [1.29, 1.82) is 0 Å². The van der Waals surface area contributed by atoms with Crippen molar-refractivity contribution >= 4 is 29.3 Å². The number of likely N-dealkylation sites (tertiary alicyclic amines) is 1. The highest BCUT2D eigenvalue weighted by atomic mass is 35.5. The van der Waals surface area contributed by atoms with Crippen LogP contribution < -0.4 is 4.90 Å². The Morgan fingerprint density at radius 3 is 2.53 bits per heavy atom. The van der Waals surface area contributed by atoms with Gasteiger partial charge in [0.15, 0.2) is 0 Å². The topological polar surface area (TPSA) is 66.0 Å². The molecular formula is C21H28ClF3N4O3. The Morgan fingerprint density at radius 2 is 1.94 bits per heavy atom. The van der Waals surface area contributed by atoms with Gasteiger partial charge in [-0.25, -0.2) is 4.98 Å². The Balaban J connectivity index is 1.56. The van der Waals surface area contributed by atoms with E-state index in [4.69, 9.17) is 16.3 Å². The minimum Gasteiger partial charge on any atom is -0.466 e. The van der Waals surface area contributed by atoms with Crippen molar-refractivity contribution in [3.8, 4) is 0 Å². The Kier molecular flexibility index (Phi) is 7.87. The summed E-state index contributed by atoms with van der Waals surface area (Å²) in [5.74, 6) is -0.262. The number of amides is 1. The van der Waals surface area contributed by atoms with Crippen LogP contribution in [0.5, 0.6) is 0 Å². The summed E-state index contributed by atoms with van der Waals surface area (Å²) in [6, 6.07) is 0.521. The van der Waals surface area contributed by atoms with Crippen molar-refractivity contribution in [3.05, 3.63) is 22.8 Å². The van der Waals surface area contributed by atoms with Crippen LogP contribution in [0.25, 0.3) is 0 Å². The number of piperazine rings is 1. The number of piperidine rings is 1. The molecule has 0 bridgehead atoms. The van der Waals surface area contributed by atoms with Crippen molar-refractivity contribution in [3.63, 3.8) is 0 Å². The molecule has 0 saturated carbocycles. The van der Waals surface area contributed by atoms with Gasteiger partial charge in [0.05, 0.1) is 29.2 Å². The third kappa shape index (κ3) is 5.64. The predicted octanol–water partition coefficient (Wildman–Crippen LogP) is 3.07. The van der Waals surface area contributed by atoms with Crippen molar-refractivity contribution in [2.75, 3.05) is 50.8 Å². The molecule has 0 spiro atoms. The Morgan fingerprint density at radius 1 is 1.25 bits per heavy atom. The maximum Gasteiger partial charge on any atom is 0.417 e. The zero-order valence-electron chi connectivity index (χ0n) is 18.2. The zero-order valence-corrected chi connectivity index (χ0v) is 19.0. The summed E-state index contributed by atoms with van der Waals surface area (Å²) in [5, 5.41) is -0.0456. The van der Waals surface area contributed by atoms with Crippen LogP contribution in [-0.4, -0.2) is 78.6 Å². The molecule has 3 heterocycles. The van der Waals surface area contributed by atoms with Gasteiger partial charge in [0.25, 0.3) is 0 Å². The van der Waals surface area contributed by atoms with Gasteiger partial charge >= 0.3 is 12.1 Å². The quantitative estimate of drug-likeness (QED) is 0.609. The van der Waals surface area contributed by atoms with Gasteiger partial charge in [0.1, 0.15) is 5.82 Å². The van der Waals surface area contributed by atoms with Gasteiger partial charge in [-0.3, -0.25) is 14.5 Å². The van der Waals surface area contributed by atoms with Crippen molar-refractivity contribution < 1.29 is 27.5 Å². The molecule has 2 fully saturated rings. The molecule has 2 aliphatic heterocycles. The number of alkyl halides is 3. The molecule has 178 valence electrons. The van der Waals surface area contributed by atoms with Gasteiger partial charge in [-0.1, -0.05) is 11.6 Å². The van der Waals surface area contributed by atoms with Crippen LogP contribution in [0, 0.1) is 5.92 Å². The first-order chi connectivity index (χ1) is 15.1. The molecule has 1 amide bonds. The van der Waals surface area contributed by atoms with Crippen LogP contribution in [-0.2, 0) is 20.5 Å². The maximum atomic E-state index is 13.0. The number of nitrogens with zero attached hydrogens (tertiary/aromatic N) is 4. The number of aromatic nitrogens is 1. The third-order valence-electron chi connectivity index (χ3n) is 6.02. The highest BCUT2D eigenvalue weighted by molar-refractivity contribution is 6.33. The van der Waals surface area contributed by atoms with E-state index in [0.717, 1.165) is 25.1 Å². The number of pyridine rings is 1. The van der Waals surface area contributed by atoms with E-state index in [2.05, 4.69) is 4.98 Å². The lowest BCUT2D eigenvalue weighted by Crippen LogP contribution is -2.56. The summed E-state index contributed by atoms with van der Waals surface area (Å²) in [6.45, 7) is 6.97. The molecule has 0 radical (unpaired) electrons. The molecule has 32 heavy (non-hydrogen) atoms. The average Bonchev–Trinajstić information content (AvgIpc) is 2.78. The van der Waals surface area contributed by atoms with E-state index in [1.54, 1.807) is 11.8 Å². The molecule has 0 aromatic carbocycles. The molecule has 0 aliphatic carbocycles. The monoisotopic (exact) mass is 476 g/mol. The van der Waals surface area contributed by atoms with Crippen molar-refractivity contribution in [1.82, 2.24) is 14.8 Å². The first kappa shape index (κ1) is 24.6. The Bertz CT molecular complexity index is 831. The lowest BCUT2D eigenvalue weighted by molar-refractivity contribution is -0.152. The molecule has 11 heteroatoms. The number of carbonyl (C=O) groups is 2. The average molecular weight is 477 g/mol. The summed E-state index contributed by atoms with van der Waals surface area (Å²) in [6.07, 6.45) is -2.23. The molecule has 0 N–H and O–H groups in total. The first-order valence-electron chi connectivity index (χ1n) is 10.8. The van der Waals surface area contributed by atoms with E-state index in [0.29, 0.717) is 51.7 Å². The van der Waals surface area contributed by atoms with Gasteiger partial charge in [-0.15, -0.1) is 0 Å². The van der Waals surface area contributed by atoms with E-state index >= 15 is 0 Å². The van der Waals surface area contributed by atoms with Gasteiger partial charge in [0, 0.05) is 45.5 Å². The number of hydrogen-bond donors (Lipinski definition) is 0. The van der Waals surface area contributed by atoms with Gasteiger partial charge in [0.2, 0.25) is 5.91 Å². The molecule has 2 saturated heterocycles. The maximum absolute atomic E-state index is 13.0. The fourth-order valence-corrected chi connectivity index (χ4v) is 4.48. The van der Waals surface area contributed by atoms with Crippen LogP contribution in [0.2, 0.25) is 5.02 Å². The molecular weight excluding hydrogens is 449 g/mol. The number of halogens is 4. The summed E-state index contributed by atoms with van der Waals surface area (Å²) in [5.41, 5.74) is -0.883. The molecule has 1 aromatic rings. The minimum absolute atomic E-state index is 0.0295. The molecule has 2 unspecified atom stereocenters. The SMILES string of the molecule is CCOC(=O)C1CCCN(C(=O)C(C)N2CCN(c3ncc(C(F)(F)F)cc3Cl)CC2)C1. The first-order valence-corrected chi connectivity index (χ1v) is 11.2. The highest BCUT2D eigenvalue weighted by Gasteiger charge is 2.35. The normalized spacial score (nSPS) is 21.4. The van der Waals surface area contributed by atoms with E-state index in [9.17, 15) is 22.8 Å². The second-order valence-corrected chi connectivity index (χ2v) is 8.51. The highest BCUT2D eigenvalue weighted by Crippen LogP contribution is 2.33. The van der Waals surface area contributed by atoms with Crippen LogP contribution in [0.1, 0.15) is 32.3 Å². The second kappa shape index (κ2) is 10.2. The fraction of sp³-hybridized carbons (Fsp3) is 0.667. The summed E-state index contributed by atoms with van der Waals surface area (Å²) < 4.78 is 43.6. The van der Waals surface area contributed by atoms with Crippen LogP contribution in [0.3, 0.4) is 0 Å². The molecule has 2 aliphatic rings. The summed E-state index contributed by atoms with van der Waals surface area (Å²) >= 11 is 6.07. The number of hydrogen-bond acceptors (Lipinski definition) is 6. The van der Waals surface area contributed by atoms with Gasteiger partial charge in [-0.2, -0.15) is 13.2 Å². The summed E-state index contributed by atoms with van der Waals surface area (Å²) in [4.78, 5) is 34.6. The third-order valence-corrected chi connectivity index (χ3v) is 6.30. The standard InChI is InChI=1S/C21H28ClF3N4O3/c1-3-32-20(31)15-5-4-6-29(13-15)19(30)14(2)27-7-9-28(10-8-27)18-17(22)11-16(12-26-18)21(23,24)25/h11-12,14-15H,3-10,13H2,1-2H3. The van der Waals surface area contributed by atoms with Crippen LogP contribution in [0.4, 0.5) is 19.0 Å². The molecule has 1 aromatic heterocycles. The Hall–Kier alpha value is -2.07. The fourth-order valence-electron chi connectivity index (χ4n) is 4.19. The van der Waals surface area contributed by atoms with E-state index in [1.807, 2.05) is 16.7 Å². The van der Waals surface area contributed by atoms with Crippen LogP contribution in [0.15, 0.2) is 12.3 Å². The van der Waals surface area contributed by atoms with Gasteiger partial charge in [-0.05, 0) is 32.8 Å².